The number of carbonyl (C=O) groups is 2. The fraction of sp³-hybridized carbons (Fsp3) is 0.444. The predicted molar refractivity (Wildman–Crippen MR) is 136 cm³/mol. The number of halogens is 3. The molecule has 10 heteroatoms. The van der Waals surface area contributed by atoms with Gasteiger partial charge in [0.15, 0.2) is 16.9 Å². The molecule has 0 bridgehead atoms. The zero-order valence-corrected chi connectivity index (χ0v) is 21.7. The first-order valence-electron chi connectivity index (χ1n) is 11.8. The minimum atomic E-state index is -4.69. The van der Waals surface area contributed by atoms with Gasteiger partial charge >= 0.3 is 6.18 Å². The summed E-state index contributed by atoms with van der Waals surface area (Å²) in [5.41, 5.74) is 1.99. The highest BCUT2D eigenvalue weighted by molar-refractivity contribution is 7.78. The molecule has 4 atom stereocenters. The highest BCUT2D eigenvalue weighted by Crippen LogP contribution is 2.35. The molecule has 1 unspecified atom stereocenters. The molecule has 2 N–H and O–H groups in total. The van der Waals surface area contributed by atoms with Crippen molar-refractivity contribution < 1.29 is 31.5 Å². The highest BCUT2D eigenvalue weighted by atomic mass is 32.2. The number of nitrogens with zero attached hydrogens (tertiary/aromatic N) is 1. The van der Waals surface area contributed by atoms with E-state index in [1.165, 1.54) is 19.1 Å². The Balaban J connectivity index is 2.28. The first kappa shape index (κ1) is 30.4. The molecule has 0 fully saturated rings. The number of Topliss-reactive ketones (excluding diaryl/α,β-unsaturated/α-hetero) is 2. The van der Waals surface area contributed by atoms with Crippen LogP contribution in [0.15, 0.2) is 48.5 Å². The van der Waals surface area contributed by atoms with Crippen LogP contribution in [-0.2, 0) is 26.4 Å². The topological polar surface area (TPSA) is 107 Å². The number of rotatable bonds is 13. The molecule has 200 valence electrons. The molecule has 0 aromatic heterocycles. The summed E-state index contributed by atoms with van der Waals surface area (Å²) in [6.07, 6.45) is -4.97. The Morgan fingerprint density at radius 3 is 2.00 bits per heavy atom. The molecule has 6 nitrogen and oxygen atoms in total. The number of nitriles is 1. The van der Waals surface area contributed by atoms with Gasteiger partial charge in [0.25, 0.3) is 0 Å². The molecular weight excluding hydrogens is 505 g/mol. The smallest absolute Gasteiger partial charge is 0.306 e. The lowest BCUT2D eigenvalue weighted by molar-refractivity contribution is -0.161. The Morgan fingerprint density at radius 1 is 1.03 bits per heavy atom. The van der Waals surface area contributed by atoms with Gasteiger partial charge in [-0.1, -0.05) is 62.4 Å². The minimum Gasteiger partial charge on any atom is -0.306 e. The molecule has 0 aliphatic rings. The fourth-order valence-corrected chi connectivity index (χ4v) is 4.52. The number of carbonyl (C=O) groups excluding carboxylic acids is 2. The molecule has 0 saturated heterocycles. The van der Waals surface area contributed by atoms with Gasteiger partial charge in [0.1, 0.15) is 11.8 Å². The summed E-state index contributed by atoms with van der Waals surface area (Å²) in [6, 6.07) is 11.3. The SMILES string of the molecule is CC(=O)C[C@@H](C#N)CC(=O)[C@H](CC(C)C)N[C@@H](c1ccc(-c2ccc(CS(=O)O)cc2)cc1)C(F)(F)F. The van der Waals surface area contributed by atoms with Crippen LogP contribution in [0.4, 0.5) is 13.2 Å². The third-order valence-corrected chi connectivity index (χ3v) is 6.36. The molecule has 0 saturated carbocycles. The van der Waals surface area contributed by atoms with E-state index in [1.54, 1.807) is 50.2 Å². The Bertz CT molecular complexity index is 1130. The fourth-order valence-electron chi connectivity index (χ4n) is 4.04. The van der Waals surface area contributed by atoms with Crippen LogP contribution in [-0.4, -0.2) is 32.5 Å². The second-order valence-electron chi connectivity index (χ2n) is 9.51. The van der Waals surface area contributed by atoms with Gasteiger partial charge in [-0.2, -0.15) is 18.4 Å². The van der Waals surface area contributed by atoms with Crippen molar-refractivity contribution in [3.8, 4) is 17.2 Å². The summed E-state index contributed by atoms with van der Waals surface area (Å²) in [6.45, 7) is 4.88. The van der Waals surface area contributed by atoms with Crippen LogP contribution in [0.3, 0.4) is 0 Å². The van der Waals surface area contributed by atoms with E-state index in [0.29, 0.717) is 11.1 Å². The monoisotopic (exact) mass is 536 g/mol. The van der Waals surface area contributed by atoms with E-state index in [4.69, 9.17) is 4.55 Å². The zero-order valence-electron chi connectivity index (χ0n) is 20.9. The standard InChI is InChI=1S/C27H31F3N2O4S/c1-17(2)12-24(25(34)14-20(15-31)13-18(3)33)32-26(27(28,29)30)23-10-8-22(9-11-23)21-6-4-19(5-7-21)16-37(35)36/h4-11,17,20,24,26,32H,12-14,16H2,1-3H3,(H,35,36)/t20-,24+,26+/m1/s1. The number of ketones is 2. The van der Waals surface area contributed by atoms with Gasteiger partial charge < -0.3 is 4.55 Å². The van der Waals surface area contributed by atoms with Crippen molar-refractivity contribution in [3.05, 3.63) is 59.7 Å². The van der Waals surface area contributed by atoms with Crippen LogP contribution in [0.5, 0.6) is 0 Å². The van der Waals surface area contributed by atoms with Gasteiger partial charge in [-0.3, -0.25) is 14.9 Å². The average molecular weight is 537 g/mol. The van der Waals surface area contributed by atoms with Crippen molar-refractivity contribution in [2.24, 2.45) is 11.8 Å². The summed E-state index contributed by atoms with van der Waals surface area (Å²) in [4.78, 5) is 24.3. The van der Waals surface area contributed by atoms with E-state index in [0.717, 1.165) is 5.56 Å². The van der Waals surface area contributed by atoms with Crippen LogP contribution in [0.25, 0.3) is 11.1 Å². The first-order valence-corrected chi connectivity index (χ1v) is 13.1. The van der Waals surface area contributed by atoms with Gasteiger partial charge in [0, 0.05) is 12.8 Å². The zero-order chi connectivity index (χ0) is 27.8. The molecule has 0 aliphatic heterocycles. The van der Waals surface area contributed by atoms with E-state index in [9.17, 15) is 32.2 Å². The number of nitrogens with one attached hydrogen (secondary N) is 1. The molecule has 2 aromatic rings. The van der Waals surface area contributed by atoms with E-state index in [-0.39, 0.29) is 42.3 Å². The van der Waals surface area contributed by atoms with Gasteiger partial charge in [-0.05, 0) is 41.5 Å². The summed E-state index contributed by atoms with van der Waals surface area (Å²) < 4.78 is 62.3. The Hall–Kier alpha value is -2.87. The molecule has 0 spiro atoms. The second-order valence-corrected chi connectivity index (χ2v) is 10.4. The third-order valence-electron chi connectivity index (χ3n) is 5.78. The molecule has 0 radical (unpaired) electrons. The van der Waals surface area contributed by atoms with Crippen molar-refractivity contribution >= 4 is 22.6 Å². The van der Waals surface area contributed by atoms with Crippen molar-refractivity contribution in [1.29, 1.82) is 5.26 Å². The molecule has 0 heterocycles. The van der Waals surface area contributed by atoms with Crippen LogP contribution >= 0.6 is 0 Å². The summed E-state index contributed by atoms with van der Waals surface area (Å²) >= 11 is -1.97. The molecule has 0 amide bonds. The van der Waals surface area contributed by atoms with Crippen molar-refractivity contribution in [2.45, 2.75) is 64.0 Å². The molecular formula is C27H31F3N2O4S. The van der Waals surface area contributed by atoms with Gasteiger partial charge in [0.2, 0.25) is 0 Å². The van der Waals surface area contributed by atoms with Crippen molar-refractivity contribution in [3.63, 3.8) is 0 Å². The second kappa shape index (κ2) is 13.6. The lowest BCUT2D eigenvalue weighted by Crippen LogP contribution is -2.45. The van der Waals surface area contributed by atoms with Crippen molar-refractivity contribution in [1.82, 2.24) is 5.32 Å². The summed E-state index contributed by atoms with van der Waals surface area (Å²) in [7, 11) is 0. The van der Waals surface area contributed by atoms with E-state index >= 15 is 0 Å². The Labute approximate surface area is 217 Å². The molecule has 0 aliphatic carbocycles. The first-order chi connectivity index (χ1) is 17.3. The lowest BCUT2D eigenvalue weighted by atomic mass is 9.90. The summed E-state index contributed by atoms with van der Waals surface area (Å²) in [5.74, 6) is -1.78. The van der Waals surface area contributed by atoms with E-state index in [1.807, 2.05) is 6.07 Å². The van der Waals surface area contributed by atoms with Gasteiger partial charge in [-0.25, -0.2) is 4.21 Å². The maximum atomic E-state index is 14.1. The normalized spacial score (nSPS) is 15.0. The number of benzene rings is 2. The lowest BCUT2D eigenvalue weighted by Gasteiger charge is -2.28. The predicted octanol–water partition coefficient (Wildman–Crippen LogP) is 5.76. The minimum absolute atomic E-state index is 0.0156. The summed E-state index contributed by atoms with van der Waals surface area (Å²) in [5, 5.41) is 11.8. The molecule has 2 aromatic carbocycles. The molecule has 37 heavy (non-hydrogen) atoms. The molecule has 2 rings (SSSR count). The van der Waals surface area contributed by atoms with Crippen LogP contribution in [0, 0.1) is 23.2 Å². The quantitative estimate of drug-likeness (QED) is 0.315. The number of alkyl halides is 3. The van der Waals surface area contributed by atoms with E-state index < -0.39 is 41.0 Å². The highest BCUT2D eigenvalue weighted by Gasteiger charge is 2.43. The Morgan fingerprint density at radius 2 is 1.57 bits per heavy atom. The van der Waals surface area contributed by atoms with Crippen LogP contribution < -0.4 is 5.32 Å². The largest absolute Gasteiger partial charge is 0.407 e. The average Bonchev–Trinajstić information content (AvgIpc) is 2.80. The van der Waals surface area contributed by atoms with Gasteiger partial charge in [0.05, 0.1) is 23.8 Å². The number of hydrogen-bond acceptors (Lipinski definition) is 5. The van der Waals surface area contributed by atoms with Crippen LogP contribution in [0.1, 0.15) is 57.2 Å². The Kier molecular flexibility index (Phi) is 11.2. The third kappa shape index (κ3) is 9.84. The number of hydrogen-bond donors (Lipinski definition) is 2. The van der Waals surface area contributed by atoms with Crippen molar-refractivity contribution in [2.75, 3.05) is 0 Å². The maximum Gasteiger partial charge on any atom is 0.407 e. The van der Waals surface area contributed by atoms with E-state index in [2.05, 4.69) is 5.32 Å². The maximum absolute atomic E-state index is 14.1. The van der Waals surface area contributed by atoms with Crippen LogP contribution in [0.2, 0.25) is 0 Å². The van der Waals surface area contributed by atoms with Gasteiger partial charge in [-0.15, -0.1) is 0 Å².